The van der Waals surface area contributed by atoms with E-state index in [2.05, 4.69) is 4.99 Å². The average Bonchev–Trinajstić information content (AvgIpc) is 2.32. The zero-order valence-corrected chi connectivity index (χ0v) is 7.59. The molecule has 4 nitrogen and oxygen atoms in total. The lowest BCUT2D eigenvalue weighted by Crippen LogP contribution is -2.29. The van der Waals surface area contributed by atoms with E-state index in [1.165, 1.54) is 0 Å². The van der Waals surface area contributed by atoms with Gasteiger partial charge in [-0.2, -0.15) is 0 Å². The summed E-state index contributed by atoms with van der Waals surface area (Å²) < 4.78 is 9.96. The molecule has 0 atom stereocenters. The minimum atomic E-state index is -0.456. The summed E-state index contributed by atoms with van der Waals surface area (Å²) in [7, 11) is 0. The first kappa shape index (κ1) is 9.19. The van der Waals surface area contributed by atoms with E-state index in [9.17, 15) is 4.79 Å². The van der Waals surface area contributed by atoms with Crippen molar-refractivity contribution in [3.63, 3.8) is 0 Å². The Labute approximate surface area is 71.6 Å². The van der Waals surface area contributed by atoms with E-state index in [4.69, 9.17) is 9.47 Å². The van der Waals surface area contributed by atoms with Crippen molar-refractivity contribution in [3.05, 3.63) is 0 Å². The Morgan fingerprint density at radius 2 is 2.25 bits per heavy atom. The van der Waals surface area contributed by atoms with E-state index >= 15 is 0 Å². The molecule has 0 amide bonds. The highest BCUT2D eigenvalue weighted by atomic mass is 16.6. The SMILES string of the molecule is CC(C)(C)OC(=O)C1=NCOC1. The average molecular weight is 171 g/mol. The number of esters is 1. The van der Waals surface area contributed by atoms with Gasteiger partial charge in [-0.05, 0) is 20.8 Å². The zero-order chi connectivity index (χ0) is 9.19. The van der Waals surface area contributed by atoms with Gasteiger partial charge < -0.3 is 9.47 Å². The first-order chi connectivity index (χ1) is 5.49. The Morgan fingerprint density at radius 1 is 1.58 bits per heavy atom. The maximum atomic E-state index is 11.2. The summed E-state index contributed by atoms with van der Waals surface area (Å²) in [6.07, 6.45) is 0. The van der Waals surface area contributed by atoms with Crippen molar-refractivity contribution in [2.24, 2.45) is 4.99 Å². The molecule has 1 aliphatic heterocycles. The minimum absolute atomic E-state index is 0.272. The summed E-state index contributed by atoms with van der Waals surface area (Å²) >= 11 is 0. The van der Waals surface area contributed by atoms with Gasteiger partial charge in [0.25, 0.3) is 0 Å². The molecule has 0 spiro atoms. The van der Waals surface area contributed by atoms with Crippen molar-refractivity contribution in [2.75, 3.05) is 13.3 Å². The van der Waals surface area contributed by atoms with Gasteiger partial charge >= 0.3 is 5.97 Å². The molecule has 0 aromatic rings. The largest absolute Gasteiger partial charge is 0.455 e. The fourth-order valence-electron chi connectivity index (χ4n) is 0.772. The van der Waals surface area contributed by atoms with Crippen LogP contribution in [0, 0.1) is 0 Å². The van der Waals surface area contributed by atoms with Crippen LogP contribution < -0.4 is 0 Å². The molecule has 1 heterocycles. The van der Waals surface area contributed by atoms with E-state index < -0.39 is 5.60 Å². The number of hydrogen-bond donors (Lipinski definition) is 0. The highest BCUT2D eigenvalue weighted by molar-refractivity contribution is 6.37. The lowest BCUT2D eigenvalue weighted by Gasteiger charge is -2.18. The highest BCUT2D eigenvalue weighted by Gasteiger charge is 2.22. The van der Waals surface area contributed by atoms with Gasteiger partial charge in [-0.25, -0.2) is 4.79 Å². The van der Waals surface area contributed by atoms with Gasteiger partial charge in [-0.1, -0.05) is 0 Å². The van der Waals surface area contributed by atoms with E-state index in [0.717, 1.165) is 0 Å². The van der Waals surface area contributed by atoms with E-state index in [1.807, 2.05) is 20.8 Å². The van der Waals surface area contributed by atoms with Gasteiger partial charge in [0, 0.05) is 0 Å². The van der Waals surface area contributed by atoms with Crippen molar-refractivity contribution < 1.29 is 14.3 Å². The van der Waals surface area contributed by atoms with Crippen molar-refractivity contribution in [3.8, 4) is 0 Å². The standard InChI is InChI=1S/C8H13NO3/c1-8(2,3)12-7(10)6-4-11-5-9-6/h4-5H2,1-3H3. The topological polar surface area (TPSA) is 47.9 Å². The number of ether oxygens (including phenoxy) is 2. The molecule has 68 valence electrons. The molecule has 1 aliphatic rings. The van der Waals surface area contributed by atoms with Crippen LogP contribution in [0.3, 0.4) is 0 Å². The van der Waals surface area contributed by atoms with Crippen molar-refractivity contribution >= 4 is 11.7 Å². The second kappa shape index (κ2) is 3.23. The van der Waals surface area contributed by atoms with Crippen LogP contribution in [-0.4, -0.2) is 30.6 Å². The first-order valence-electron chi connectivity index (χ1n) is 3.83. The maximum Gasteiger partial charge on any atom is 0.355 e. The molecular weight excluding hydrogens is 158 g/mol. The highest BCUT2D eigenvalue weighted by Crippen LogP contribution is 2.08. The van der Waals surface area contributed by atoms with Gasteiger partial charge in [0.1, 0.15) is 18.0 Å². The van der Waals surface area contributed by atoms with Gasteiger partial charge in [0.15, 0.2) is 0 Å². The molecule has 0 bridgehead atoms. The van der Waals surface area contributed by atoms with Crippen LogP contribution in [0.2, 0.25) is 0 Å². The summed E-state index contributed by atoms with van der Waals surface area (Å²) in [5.74, 6) is -0.375. The lowest BCUT2D eigenvalue weighted by molar-refractivity contribution is -0.146. The van der Waals surface area contributed by atoms with Crippen LogP contribution in [0.1, 0.15) is 20.8 Å². The van der Waals surface area contributed by atoms with Gasteiger partial charge in [-0.3, -0.25) is 4.99 Å². The zero-order valence-electron chi connectivity index (χ0n) is 7.59. The molecule has 12 heavy (non-hydrogen) atoms. The van der Waals surface area contributed by atoms with Crippen LogP contribution in [0.4, 0.5) is 0 Å². The van der Waals surface area contributed by atoms with Crippen LogP contribution in [-0.2, 0) is 14.3 Å². The van der Waals surface area contributed by atoms with Crippen molar-refractivity contribution in [1.29, 1.82) is 0 Å². The van der Waals surface area contributed by atoms with Gasteiger partial charge in [-0.15, -0.1) is 0 Å². The molecule has 0 unspecified atom stereocenters. The quantitative estimate of drug-likeness (QED) is 0.547. The van der Waals surface area contributed by atoms with Gasteiger partial charge in [0.2, 0.25) is 0 Å². The summed E-state index contributed by atoms with van der Waals surface area (Å²) in [4.78, 5) is 15.1. The molecule has 0 aliphatic carbocycles. The Hall–Kier alpha value is -0.900. The Kier molecular flexibility index (Phi) is 2.47. The third kappa shape index (κ3) is 2.62. The molecule has 0 fully saturated rings. The molecule has 4 heteroatoms. The van der Waals surface area contributed by atoms with Gasteiger partial charge in [0.05, 0.1) is 6.61 Å². The first-order valence-corrected chi connectivity index (χ1v) is 3.83. The fraction of sp³-hybridized carbons (Fsp3) is 0.750. The second-order valence-corrected chi connectivity index (χ2v) is 3.58. The molecule has 1 rings (SSSR count). The number of carbonyl (C=O) groups excluding carboxylic acids is 1. The number of rotatable bonds is 1. The Balaban J connectivity index is 2.49. The Bertz CT molecular complexity index is 215. The molecule has 0 N–H and O–H groups in total. The minimum Gasteiger partial charge on any atom is -0.455 e. The summed E-state index contributed by atoms with van der Waals surface area (Å²) in [6, 6.07) is 0. The van der Waals surface area contributed by atoms with Crippen LogP contribution in [0.5, 0.6) is 0 Å². The third-order valence-electron chi connectivity index (χ3n) is 1.22. The van der Waals surface area contributed by atoms with Crippen molar-refractivity contribution in [1.82, 2.24) is 0 Å². The van der Waals surface area contributed by atoms with E-state index in [1.54, 1.807) is 0 Å². The van der Waals surface area contributed by atoms with E-state index in [0.29, 0.717) is 5.71 Å². The molecule has 0 saturated heterocycles. The molecule has 0 saturated carbocycles. The lowest BCUT2D eigenvalue weighted by atomic mass is 10.2. The predicted octanol–water partition coefficient (Wildman–Crippen LogP) is 0.757. The molecule has 0 aromatic heterocycles. The smallest absolute Gasteiger partial charge is 0.355 e. The Morgan fingerprint density at radius 3 is 2.67 bits per heavy atom. The number of hydrogen-bond acceptors (Lipinski definition) is 4. The van der Waals surface area contributed by atoms with Crippen molar-refractivity contribution in [2.45, 2.75) is 26.4 Å². The maximum absolute atomic E-state index is 11.2. The predicted molar refractivity (Wildman–Crippen MR) is 44.1 cm³/mol. The number of aliphatic imine (C=N–C) groups is 1. The number of nitrogens with zero attached hydrogens (tertiary/aromatic N) is 1. The monoisotopic (exact) mass is 171 g/mol. The molecular formula is C8H13NO3. The fourth-order valence-corrected chi connectivity index (χ4v) is 0.772. The molecule has 0 aromatic carbocycles. The molecule has 0 radical (unpaired) electrons. The third-order valence-corrected chi connectivity index (χ3v) is 1.22. The second-order valence-electron chi connectivity index (χ2n) is 3.58. The van der Waals surface area contributed by atoms with Crippen LogP contribution >= 0.6 is 0 Å². The summed E-state index contributed by atoms with van der Waals surface area (Å²) in [5.41, 5.74) is -0.0766. The summed E-state index contributed by atoms with van der Waals surface area (Å²) in [6.45, 7) is 6.01. The number of carbonyl (C=O) groups is 1. The van der Waals surface area contributed by atoms with Crippen LogP contribution in [0.15, 0.2) is 4.99 Å². The van der Waals surface area contributed by atoms with E-state index in [-0.39, 0.29) is 19.3 Å². The van der Waals surface area contributed by atoms with Crippen LogP contribution in [0.25, 0.3) is 0 Å². The normalized spacial score (nSPS) is 17.4. The summed E-state index contributed by atoms with van der Waals surface area (Å²) in [5, 5.41) is 0.